The van der Waals surface area contributed by atoms with Gasteiger partial charge in [0.2, 0.25) is 5.91 Å². The van der Waals surface area contributed by atoms with Crippen LogP contribution in [0, 0.1) is 0 Å². The molecule has 2 N–H and O–H groups in total. The second-order valence-electron chi connectivity index (χ2n) is 6.34. The fraction of sp³-hybridized carbons (Fsp3) is 0.529. The van der Waals surface area contributed by atoms with Crippen molar-refractivity contribution in [2.75, 3.05) is 32.1 Å². The van der Waals surface area contributed by atoms with Crippen LogP contribution in [0.5, 0.6) is 0 Å². The molecule has 1 amide bonds. The molecule has 1 aliphatic rings. The molecular formula is C17H25BrN4O3S. The third-order valence-electron chi connectivity index (χ3n) is 4.17. The molecular weight excluding hydrogens is 420 g/mol. The molecule has 0 spiro atoms. The molecule has 1 unspecified atom stereocenters. The van der Waals surface area contributed by atoms with E-state index in [1.54, 1.807) is 7.05 Å². The van der Waals surface area contributed by atoms with Crippen LogP contribution in [-0.4, -0.2) is 63.4 Å². The van der Waals surface area contributed by atoms with Crippen molar-refractivity contribution in [3.63, 3.8) is 0 Å². The van der Waals surface area contributed by atoms with Crippen LogP contribution in [0.25, 0.3) is 0 Å². The van der Waals surface area contributed by atoms with Crippen molar-refractivity contribution < 1.29 is 13.2 Å². The Morgan fingerprint density at radius 3 is 2.73 bits per heavy atom. The zero-order valence-electron chi connectivity index (χ0n) is 15.0. The van der Waals surface area contributed by atoms with Gasteiger partial charge in [-0.05, 0) is 18.1 Å². The minimum atomic E-state index is -2.98. The Morgan fingerprint density at radius 1 is 1.38 bits per heavy atom. The summed E-state index contributed by atoms with van der Waals surface area (Å²) in [7, 11) is 0.642. The van der Waals surface area contributed by atoms with Crippen molar-refractivity contribution in [2.45, 2.75) is 25.4 Å². The Kier molecular flexibility index (Phi) is 7.45. The first-order valence-electron chi connectivity index (χ1n) is 8.45. The van der Waals surface area contributed by atoms with Crippen LogP contribution in [0.4, 0.5) is 0 Å². The Labute approximate surface area is 163 Å². The van der Waals surface area contributed by atoms with Crippen molar-refractivity contribution in [2.24, 2.45) is 4.99 Å². The average molecular weight is 445 g/mol. The summed E-state index contributed by atoms with van der Waals surface area (Å²) >= 11 is 3.53. The van der Waals surface area contributed by atoms with Crippen LogP contribution in [-0.2, 0) is 21.2 Å². The van der Waals surface area contributed by atoms with Gasteiger partial charge in [-0.3, -0.25) is 9.79 Å². The fourth-order valence-corrected chi connectivity index (χ4v) is 4.92. The monoisotopic (exact) mass is 444 g/mol. The molecule has 1 atom stereocenters. The lowest BCUT2D eigenvalue weighted by molar-refractivity contribution is -0.121. The molecule has 0 aliphatic carbocycles. The van der Waals surface area contributed by atoms with Crippen molar-refractivity contribution in [3.8, 4) is 0 Å². The van der Waals surface area contributed by atoms with Gasteiger partial charge in [0.15, 0.2) is 15.8 Å². The van der Waals surface area contributed by atoms with E-state index in [0.29, 0.717) is 25.5 Å². The number of nitrogens with zero attached hydrogens (tertiary/aromatic N) is 2. The Bertz CT molecular complexity index is 767. The molecule has 0 saturated carbocycles. The molecule has 0 aromatic heterocycles. The van der Waals surface area contributed by atoms with E-state index in [9.17, 15) is 13.2 Å². The summed E-state index contributed by atoms with van der Waals surface area (Å²) in [6.07, 6.45) is 0.760. The van der Waals surface area contributed by atoms with Crippen LogP contribution >= 0.6 is 15.9 Å². The Hall–Kier alpha value is -1.61. The number of halogens is 1. The predicted molar refractivity (Wildman–Crippen MR) is 107 cm³/mol. The van der Waals surface area contributed by atoms with Gasteiger partial charge in [-0.2, -0.15) is 0 Å². The second kappa shape index (κ2) is 9.36. The largest absolute Gasteiger partial charge is 0.356 e. The topological polar surface area (TPSA) is 90.9 Å². The fourth-order valence-electron chi connectivity index (χ4n) is 2.84. The first-order valence-corrected chi connectivity index (χ1v) is 11.1. The third kappa shape index (κ3) is 6.28. The molecule has 1 heterocycles. The number of rotatable bonds is 6. The number of hydrogen-bond acceptors (Lipinski definition) is 4. The maximum Gasteiger partial charge on any atom is 0.222 e. The minimum absolute atomic E-state index is 0.0442. The summed E-state index contributed by atoms with van der Waals surface area (Å²) in [5.41, 5.74) is 1.14. The molecule has 1 aromatic carbocycles. The van der Waals surface area contributed by atoms with Gasteiger partial charge in [0, 0.05) is 44.1 Å². The normalized spacial score (nSPS) is 19.2. The number of benzene rings is 1. The Morgan fingerprint density at radius 2 is 2.12 bits per heavy atom. The number of nitrogens with one attached hydrogen (secondary N) is 2. The first kappa shape index (κ1) is 20.7. The van der Waals surface area contributed by atoms with Gasteiger partial charge in [0.1, 0.15) is 0 Å². The van der Waals surface area contributed by atoms with Crippen LogP contribution in [0.2, 0.25) is 0 Å². The summed E-state index contributed by atoms with van der Waals surface area (Å²) in [6.45, 7) is 1.10. The highest BCUT2D eigenvalue weighted by atomic mass is 79.9. The van der Waals surface area contributed by atoms with E-state index in [1.165, 1.54) is 0 Å². The third-order valence-corrected chi connectivity index (χ3v) is 6.71. The molecule has 1 aromatic rings. The zero-order chi connectivity index (χ0) is 19.2. The van der Waals surface area contributed by atoms with E-state index in [2.05, 4.69) is 31.6 Å². The number of hydrogen-bond donors (Lipinski definition) is 2. The minimum Gasteiger partial charge on any atom is -0.356 e. The van der Waals surface area contributed by atoms with Crippen molar-refractivity contribution in [1.29, 1.82) is 0 Å². The van der Waals surface area contributed by atoms with Crippen LogP contribution in [0.15, 0.2) is 33.7 Å². The highest BCUT2D eigenvalue weighted by Gasteiger charge is 2.28. The van der Waals surface area contributed by atoms with Crippen molar-refractivity contribution >= 4 is 37.6 Å². The van der Waals surface area contributed by atoms with E-state index < -0.39 is 9.84 Å². The van der Waals surface area contributed by atoms with E-state index in [1.807, 2.05) is 36.2 Å². The number of carbonyl (C=O) groups excluding carboxylic acids is 1. The van der Waals surface area contributed by atoms with Gasteiger partial charge in [0.25, 0.3) is 0 Å². The maximum atomic E-state index is 12.0. The molecule has 144 valence electrons. The highest BCUT2D eigenvalue weighted by Crippen LogP contribution is 2.17. The van der Waals surface area contributed by atoms with Gasteiger partial charge in [-0.1, -0.05) is 34.1 Å². The van der Waals surface area contributed by atoms with Crippen LogP contribution in [0.1, 0.15) is 18.4 Å². The lowest BCUT2D eigenvalue weighted by atomic mass is 10.2. The summed E-state index contributed by atoms with van der Waals surface area (Å²) in [5.74, 6) is 0.742. The molecule has 0 radical (unpaired) electrons. The molecule has 0 bridgehead atoms. The number of sulfone groups is 1. The summed E-state index contributed by atoms with van der Waals surface area (Å²) in [4.78, 5) is 18.2. The summed E-state index contributed by atoms with van der Waals surface area (Å²) < 4.78 is 23.9. The molecule has 2 rings (SSSR count). The van der Waals surface area contributed by atoms with Gasteiger partial charge in [-0.15, -0.1) is 0 Å². The van der Waals surface area contributed by atoms with Crippen LogP contribution < -0.4 is 10.6 Å². The highest BCUT2D eigenvalue weighted by molar-refractivity contribution is 9.10. The molecule has 1 saturated heterocycles. The number of aliphatic imine (C=N–C) groups is 1. The molecule has 1 fully saturated rings. The smallest absolute Gasteiger partial charge is 0.222 e. The first-order chi connectivity index (χ1) is 12.3. The molecule has 9 heteroatoms. The maximum absolute atomic E-state index is 12.0. The molecule has 7 nitrogen and oxygen atoms in total. The van der Waals surface area contributed by atoms with E-state index in [-0.39, 0.29) is 29.9 Å². The lowest BCUT2D eigenvalue weighted by Gasteiger charge is -2.22. The average Bonchev–Trinajstić information content (AvgIpc) is 2.92. The quantitative estimate of drug-likeness (QED) is 0.507. The molecule has 1 aliphatic heterocycles. The summed E-state index contributed by atoms with van der Waals surface area (Å²) in [6, 6.07) is 7.72. The van der Waals surface area contributed by atoms with Gasteiger partial charge < -0.3 is 15.5 Å². The van der Waals surface area contributed by atoms with Crippen molar-refractivity contribution in [3.05, 3.63) is 34.3 Å². The second-order valence-corrected chi connectivity index (χ2v) is 9.42. The SMILES string of the molecule is CN=C(NCCC(=O)NC1CCS(=O)(=O)C1)N(C)Cc1ccccc1Br. The zero-order valence-corrected chi connectivity index (χ0v) is 17.4. The number of guanidine groups is 1. The van der Waals surface area contributed by atoms with Gasteiger partial charge in [-0.25, -0.2) is 8.42 Å². The predicted octanol–water partition coefficient (Wildman–Crippen LogP) is 1.15. The van der Waals surface area contributed by atoms with E-state index in [0.717, 1.165) is 10.0 Å². The Balaban J connectivity index is 1.76. The standard InChI is InChI=1S/C17H25BrN4O3S/c1-19-17(22(2)11-13-5-3-4-6-15(13)18)20-9-7-16(23)21-14-8-10-26(24,25)12-14/h3-6,14H,7-12H2,1-2H3,(H,19,20)(H,21,23). The van der Waals surface area contributed by atoms with Gasteiger partial charge >= 0.3 is 0 Å². The lowest BCUT2D eigenvalue weighted by Crippen LogP contribution is -2.41. The van der Waals surface area contributed by atoms with Crippen LogP contribution in [0.3, 0.4) is 0 Å². The van der Waals surface area contributed by atoms with Gasteiger partial charge in [0.05, 0.1) is 11.5 Å². The molecule has 26 heavy (non-hydrogen) atoms. The number of amides is 1. The summed E-state index contributed by atoms with van der Waals surface area (Å²) in [5, 5.41) is 5.95. The van der Waals surface area contributed by atoms with E-state index >= 15 is 0 Å². The van der Waals surface area contributed by atoms with E-state index in [4.69, 9.17) is 0 Å². The van der Waals surface area contributed by atoms with Crippen molar-refractivity contribution in [1.82, 2.24) is 15.5 Å². The number of carbonyl (C=O) groups is 1.